The number of thiazole rings is 1. The van der Waals surface area contributed by atoms with Gasteiger partial charge in [-0.2, -0.15) is 0 Å². The number of esters is 1. The first kappa shape index (κ1) is 27.1. The van der Waals surface area contributed by atoms with Crippen molar-refractivity contribution in [3.8, 4) is 17.2 Å². The van der Waals surface area contributed by atoms with Crippen LogP contribution in [0.2, 0.25) is 0 Å². The van der Waals surface area contributed by atoms with E-state index in [1.54, 1.807) is 32.0 Å². The molecule has 1 aromatic heterocycles. The average molecular weight is 604 g/mol. The number of rotatable bonds is 7. The van der Waals surface area contributed by atoms with Crippen LogP contribution >= 0.6 is 27.3 Å². The Kier molecular flexibility index (Phi) is 7.69. The largest absolute Gasteiger partial charge is 0.502 e. The second-order valence-corrected chi connectivity index (χ2v) is 9.95. The number of nitro benzene ring substituents is 1. The highest BCUT2D eigenvalue weighted by molar-refractivity contribution is 9.10. The van der Waals surface area contributed by atoms with Gasteiger partial charge in [0.05, 0.1) is 41.6 Å². The fourth-order valence-electron chi connectivity index (χ4n) is 4.13. The van der Waals surface area contributed by atoms with E-state index >= 15 is 0 Å². The Morgan fingerprint density at radius 2 is 2.03 bits per heavy atom. The molecule has 4 rings (SSSR count). The third-order valence-corrected chi connectivity index (χ3v) is 7.26. The van der Waals surface area contributed by atoms with Crippen molar-refractivity contribution >= 4 is 45.0 Å². The molecule has 2 aromatic carbocycles. The molecule has 0 radical (unpaired) electrons. The van der Waals surface area contributed by atoms with Crippen LogP contribution in [0.1, 0.15) is 31.0 Å². The van der Waals surface area contributed by atoms with Gasteiger partial charge in [-0.1, -0.05) is 27.3 Å². The van der Waals surface area contributed by atoms with Crippen LogP contribution in [0.5, 0.6) is 17.2 Å². The number of ether oxygens (including phenoxy) is 3. The van der Waals surface area contributed by atoms with Crippen LogP contribution in [-0.4, -0.2) is 41.4 Å². The van der Waals surface area contributed by atoms with Crippen molar-refractivity contribution in [3.63, 3.8) is 0 Å². The molecule has 1 aliphatic rings. The fraction of sp³-hybridized carbons (Fsp3) is 0.240. The van der Waals surface area contributed by atoms with Crippen molar-refractivity contribution < 1.29 is 29.0 Å². The number of carbonyl (C=O) groups excluding carboxylic acids is 1. The maximum Gasteiger partial charge on any atom is 0.338 e. The normalized spacial score (nSPS) is 15.1. The SMILES string of the molecule is CCOC(=O)C1=C(C)N=c2s/c(=C\c3cc(Br)cc([N+](=O)[O-])c3O)c(=O)n2[C@@H]1c1ccc(OC)cc1OC. The Bertz CT molecular complexity index is 1670. The van der Waals surface area contributed by atoms with Gasteiger partial charge in [-0.05, 0) is 38.1 Å². The van der Waals surface area contributed by atoms with Crippen molar-refractivity contribution in [3.05, 3.63) is 87.0 Å². The highest BCUT2D eigenvalue weighted by Crippen LogP contribution is 2.38. The summed E-state index contributed by atoms with van der Waals surface area (Å²) in [7, 11) is 2.97. The average Bonchev–Trinajstić information content (AvgIpc) is 3.18. The number of benzene rings is 2. The minimum atomic E-state index is -0.946. The lowest BCUT2D eigenvalue weighted by Crippen LogP contribution is -2.40. The summed E-state index contributed by atoms with van der Waals surface area (Å²) >= 11 is 4.22. The fourth-order valence-corrected chi connectivity index (χ4v) is 5.63. The maximum atomic E-state index is 13.8. The molecular formula is C25H22BrN3O8S. The quantitative estimate of drug-likeness (QED) is 0.246. The van der Waals surface area contributed by atoms with E-state index < -0.39 is 33.9 Å². The zero-order valence-electron chi connectivity index (χ0n) is 20.7. The molecule has 11 nitrogen and oxygen atoms in total. The third-order valence-electron chi connectivity index (χ3n) is 5.82. The van der Waals surface area contributed by atoms with E-state index in [1.807, 2.05) is 0 Å². The summed E-state index contributed by atoms with van der Waals surface area (Å²) in [4.78, 5) is 42.3. The Balaban J connectivity index is 2.02. The standard InChI is InChI=1S/C25H22BrN3O8S/c1-5-37-24(32)20-12(2)27-25-28(21(20)16-7-6-15(35-3)11-18(16)36-4)23(31)19(38-25)9-13-8-14(26)10-17(22(13)30)29(33)34/h6-11,21,30H,5H2,1-4H3/b19-9-/t21-/m1/s1. The molecule has 198 valence electrons. The number of aromatic hydroxyl groups is 1. The van der Waals surface area contributed by atoms with Gasteiger partial charge in [0.1, 0.15) is 17.5 Å². The zero-order chi connectivity index (χ0) is 27.7. The molecule has 13 heteroatoms. The third kappa shape index (κ3) is 4.82. The van der Waals surface area contributed by atoms with Gasteiger partial charge in [0, 0.05) is 27.7 Å². The Morgan fingerprint density at radius 1 is 1.29 bits per heavy atom. The van der Waals surface area contributed by atoms with E-state index in [2.05, 4.69) is 20.9 Å². The van der Waals surface area contributed by atoms with Gasteiger partial charge in [-0.3, -0.25) is 19.5 Å². The minimum Gasteiger partial charge on any atom is -0.502 e. The number of hydrogen-bond acceptors (Lipinski definition) is 10. The van der Waals surface area contributed by atoms with Crippen LogP contribution in [0.25, 0.3) is 6.08 Å². The number of aromatic nitrogens is 1. The molecule has 0 saturated heterocycles. The number of phenols is 1. The van der Waals surface area contributed by atoms with Gasteiger partial charge in [0.15, 0.2) is 4.80 Å². The minimum absolute atomic E-state index is 0.0660. The van der Waals surface area contributed by atoms with Crippen molar-refractivity contribution in [1.29, 1.82) is 0 Å². The van der Waals surface area contributed by atoms with Gasteiger partial charge in [0.25, 0.3) is 5.56 Å². The zero-order valence-corrected chi connectivity index (χ0v) is 23.1. The van der Waals surface area contributed by atoms with Crippen LogP contribution in [0.3, 0.4) is 0 Å². The van der Waals surface area contributed by atoms with Gasteiger partial charge in [-0.25, -0.2) is 9.79 Å². The lowest BCUT2D eigenvalue weighted by atomic mass is 9.95. The smallest absolute Gasteiger partial charge is 0.338 e. The summed E-state index contributed by atoms with van der Waals surface area (Å²) in [6, 6.07) is 6.70. The summed E-state index contributed by atoms with van der Waals surface area (Å²) in [5.41, 5.74) is 0.0541. The van der Waals surface area contributed by atoms with Gasteiger partial charge in [-0.15, -0.1) is 0 Å². The molecule has 0 bridgehead atoms. The van der Waals surface area contributed by atoms with Crippen molar-refractivity contribution in [2.45, 2.75) is 19.9 Å². The van der Waals surface area contributed by atoms with Crippen molar-refractivity contribution in [1.82, 2.24) is 4.57 Å². The molecule has 0 fully saturated rings. The molecule has 1 aliphatic heterocycles. The van der Waals surface area contributed by atoms with E-state index in [0.717, 1.165) is 11.3 Å². The van der Waals surface area contributed by atoms with E-state index in [1.165, 1.54) is 37.0 Å². The molecule has 1 atom stereocenters. The second-order valence-electron chi connectivity index (χ2n) is 8.03. The van der Waals surface area contributed by atoms with Crippen molar-refractivity contribution in [2.24, 2.45) is 4.99 Å². The van der Waals surface area contributed by atoms with E-state index in [4.69, 9.17) is 14.2 Å². The highest BCUT2D eigenvalue weighted by atomic mass is 79.9. The molecular weight excluding hydrogens is 582 g/mol. The second kappa shape index (κ2) is 10.8. The molecule has 2 heterocycles. The van der Waals surface area contributed by atoms with Crippen LogP contribution in [-0.2, 0) is 9.53 Å². The van der Waals surface area contributed by atoms with Crippen molar-refractivity contribution in [2.75, 3.05) is 20.8 Å². The number of allylic oxidation sites excluding steroid dienone is 1. The molecule has 0 saturated carbocycles. The monoisotopic (exact) mass is 603 g/mol. The molecule has 0 unspecified atom stereocenters. The number of phenolic OH excluding ortho intramolecular Hbond substituents is 1. The topological polar surface area (TPSA) is 142 Å². The van der Waals surface area contributed by atoms with E-state index in [0.29, 0.717) is 32.0 Å². The first-order chi connectivity index (χ1) is 18.1. The summed E-state index contributed by atoms with van der Waals surface area (Å²) < 4.78 is 18.0. The number of carbonyl (C=O) groups is 1. The Hall–Kier alpha value is -3.97. The number of nitro groups is 1. The van der Waals surface area contributed by atoms with Gasteiger partial charge in [0.2, 0.25) is 5.75 Å². The van der Waals surface area contributed by atoms with Crippen LogP contribution < -0.4 is 24.4 Å². The molecule has 38 heavy (non-hydrogen) atoms. The first-order valence-electron chi connectivity index (χ1n) is 11.2. The summed E-state index contributed by atoms with van der Waals surface area (Å²) in [6.45, 7) is 3.44. The Labute approximate surface area is 228 Å². The number of hydrogen-bond donors (Lipinski definition) is 1. The lowest BCUT2D eigenvalue weighted by Gasteiger charge is -2.26. The highest BCUT2D eigenvalue weighted by Gasteiger charge is 2.35. The Morgan fingerprint density at radius 3 is 2.66 bits per heavy atom. The summed E-state index contributed by atoms with van der Waals surface area (Å²) in [5, 5.41) is 21.8. The predicted octanol–water partition coefficient (Wildman–Crippen LogP) is 3.19. The van der Waals surface area contributed by atoms with Crippen LogP contribution in [0, 0.1) is 10.1 Å². The molecule has 0 amide bonds. The summed E-state index contributed by atoms with van der Waals surface area (Å²) in [5.74, 6) is -0.323. The van der Waals surface area contributed by atoms with Crippen LogP contribution in [0.15, 0.2) is 55.9 Å². The molecule has 3 aromatic rings. The van der Waals surface area contributed by atoms with E-state index in [9.17, 15) is 24.8 Å². The van der Waals surface area contributed by atoms with E-state index in [-0.39, 0.29) is 22.3 Å². The number of nitrogens with zero attached hydrogens (tertiary/aromatic N) is 3. The number of methoxy groups -OCH3 is 2. The predicted molar refractivity (Wildman–Crippen MR) is 142 cm³/mol. The lowest BCUT2D eigenvalue weighted by molar-refractivity contribution is -0.385. The molecule has 1 N–H and O–H groups in total. The number of halogens is 1. The van der Waals surface area contributed by atoms with Crippen LogP contribution in [0.4, 0.5) is 5.69 Å². The van der Waals surface area contributed by atoms with Gasteiger partial charge >= 0.3 is 11.7 Å². The molecule has 0 spiro atoms. The summed E-state index contributed by atoms with van der Waals surface area (Å²) in [6.07, 6.45) is 1.35. The maximum absolute atomic E-state index is 13.8. The van der Waals surface area contributed by atoms with Gasteiger partial charge < -0.3 is 19.3 Å². The molecule has 0 aliphatic carbocycles. The first-order valence-corrected chi connectivity index (χ1v) is 12.8. The number of fused-ring (bicyclic) bond motifs is 1.